The lowest BCUT2D eigenvalue weighted by atomic mass is 10.0. The summed E-state index contributed by atoms with van der Waals surface area (Å²) in [4.78, 5) is 21.1. The Labute approximate surface area is 169 Å². The zero-order valence-corrected chi connectivity index (χ0v) is 16.4. The lowest BCUT2D eigenvalue weighted by Crippen LogP contribution is -2.36. The van der Waals surface area contributed by atoms with Gasteiger partial charge in [-0.2, -0.15) is 0 Å². The second kappa shape index (κ2) is 9.59. The lowest BCUT2D eigenvalue weighted by molar-refractivity contribution is 0.0976. The molecule has 2 aromatic carbocycles. The maximum Gasteiger partial charge on any atom is 0.258 e. The normalized spacial score (nSPS) is 11.4. The summed E-state index contributed by atoms with van der Waals surface area (Å²) in [6.07, 6.45) is 3.40. The van der Waals surface area contributed by atoms with Crippen molar-refractivity contribution in [3.63, 3.8) is 0 Å². The smallest absolute Gasteiger partial charge is 0.258 e. The zero-order chi connectivity index (χ0) is 20.6. The number of halogens is 1. The van der Waals surface area contributed by atoms with E-state index in [1.807, 2.05) is 36.4 Å². The molecule has 3 rings (SSSR count). The predicted molar refractivity (Wildman–Crippen MR) is 113 cm³/mol. The number of hydrogen-bond donors (Lipinski definition) is 2. The van der Waals surface area contributed by atoms with Gasteiger partial charge in [-0.3, -0.25) is 15.1 Å². The van der Waals surface area contributed by atoms with Gasteiger partial charge in [0.15, 0.2) is 0 Å². The van der Waals surface area contributed by atoms with Crippen LogP contribution in [-0.4, -0.2) is 16.9 Å². The minimum atomic E-state index is -0.469. The summed E-state index contributed by atoms with van der Waals surface area (Å²) >= 11 is 0. The second-order valence-electron chi connectivity index (χ2n) is 6.89. The van der Waals surface area contributed by atoms with Crippen LogP contribution in [0.1, 0.15) is 41.3 Å². The van der Waals surface area contributed by atoms with Gasteiger partial charge in [-0.1, -0.05) is 38.1 Å². The minimum Gasteiger partial charge on any atom is -0.326 e. The molecule has 0 saturated carbocycles. The molecule has 1 aromatic heterocycles. The van der Waals surface area contributed by atoms with Gasteiger partial charge in [-0.15, -0.1) is 0 Å². The quantitative estimate of drug-likeness (QED) is 0.488. The highest BCUT2D eigenvalue weighted by molar-refractivity contribution is 6.09. The molecular formula is C23H23FN4O. The number of aliphatic imine (C=N–C) groups is 1. The number of aromatic nitrogens is 1. The molecule has 6 heteroatoms. The molecule has 1 heterocycles. The van der Waals surface area contributed by atoms with Crippen molar-refractivity contribution in [2.45, 2.75) is 26.3 Å². The average Bonchev–Trinajstić information content (AvgIpc) is 2.73. The number of nitrogens with zero attached hydrogens (tertiary/aromatic N) is 2. The monoisotopic (exact) mass is 390 g/mol. The summed E-state index contributed by atoms with van der Waals surface area (Å²) in [6, 6.07) is 17.2. The average molecular weight is 390 g/mol. The van der Waals surface area contributed by atoms with Crippen LogP contribution in [0.5, 0.6) is 0 Å². The Bertz CT molecular complexity index is 985. The number of carbonyl (C=O) groups excluding carboxylic acids is 1. The van der Waals surface area contributed by atoms with Crippen LogP contribution in [0.2, 0.25) is 0 Å². The molecule has 0 saturated heterocycles. The molecule has 0 aliphatic heterocycles. The van der Waals surface area contributed by atoms with E-state index in [-0.39, 0.29) is 11.5 Å². The number of hydrogen-bond acceptors (Lipinski definition) is 3. The van der Waals surface area contributed by atoms with E-state index in [1.54, 1.807) is 18.5 Å². The number of carbonyl (C=O) groups is 1. The predicted octanol–water partition coefficient (Wildman–Crippen LogP) is 4.74. The van der Waals surface area contributed by atoms with Crippen molar-refractivity contribution < 1.29 is 9.18 Å². The number of benzene rings is 2. The fraction of sp³-hybridized carbons (Fsp3) is 0.174. The Morgan fingerprint density at radius 2 is 1.90 bits per heavy atom. The lowest BCUT2D eigenvalue weighted by Gasteiger charge is -2.13. The molecule has 29 heavy (non-hydrogen) atoms. The highest BCUT2D eigenvalue weighted by Gasteiger charge is 2.10. The third-order valence-electron chi connectivity index (χ3n) is 4.30. The molecule has 0 aliphatic rings. The van der Waals surface area contributed by atoms with Gasteiger partial charge in [-0.05, 0) is 53.4 Å². The highest BCUT2D eigenvalue weighted by atomic mass is 19.1. The summed E-state index contributed by atoms with van der Waals surface area (Å²) in [7, 11) is 0. The maximum absolute atomic E-state index is 13.5. The van der Waals surface area contributed by atoms with Crippen LogP contribution >= 0.6 is 0 Å². The number of guanidine groups is 1. The first-order valence-corrected chi connectivity index (χ1v) is 9.38. The largest absolute Gasteiger partial charge is 0.326 e. The standard InChI is InChI=1S/C23H23FN4O/c1-16(2)18-8-10-21(11-9-18)27-23(26-15-17-5-4-12-25-14-17)28-22(29)19-6-3-7-20(24)13-19/h3-14,16H,15H2,1-2H3,(H2,26,27,28,29). The van der Waals surface area contributed by atoms with Crippen molar-refractivity contribution in [1.82, 2.24) is 10.3 Å². The van der Waals surface area contributed by atoms with Crippen molar-refractivity contribution in [2.24, 2.45) is 4.99 Å². The Morgan fingerprint density at radius 1 is 1.10 bits per heavy atom. The van der Waals surface area contributed by atoms with Crippen LogP contribution < -0.4 is 10.6 Å². The third-order valence-corrected chi connectivity index (χ3v) is 4.30. The fourth-order valence-corrected chi connectivity index (χ4v) is 2.67. The molecule has 0 aliphatic carbocycles. The molecule has 3 aromatic rings. The second-order valence-corrected chi connectivity index (χ2v) is 6.89. The number of nitrogens with one attached hydrogen (secondary N) is 2. The van der Waals surface area contributed by atoms with Crippen LogP contribution in [-0.2, 0) is 6.54 Å². The first kappa shape index (κ1) is 20.2. The van der Waals surface area contributed by atoms with E-state index in [0.717, 1.165) is 11.3 Å². The van der Waals surface area contributed by atoms with E-state index in [0.29, 0.717) is 12.5 Å². The van der Waals surface area contributed by atoms with Gasteiger partial charge in [-0.25, -0.2) is 9.38 Å². The van der Waals surface area contributed by atoms with Crippen molar-refractivity contribution >= 4 is 17.6 Å². The van der Waals surface area contributed by atoms with Crippen molar-refractivity contribution in [3.8, 4) is 0 Å². The molecule has 0 unspecified atom stereocenters. The van der Waals surface area contributed by atoms with E-state index in [1.165, 1.54) is 23.8 Å². The van der Waals surface area contributed by atoms with Gasteiger partial charge in [0.1, 0.15) is 5.82 Å². The van der Waals surface area contributed by atoms with Crippen molar-refractivity contribution in [1.29, 1.82) is 0 Å². The van der Waals surface area contributed by atoms with E-state index < -0.39 is 11.7 Å². The maximum atomic E-state index is 13.5. The zero-order valence-electron chi connectivity index (χ0n) is 16.4. The summed E-state index contributed by atoms with van der Waals surface area (Å²) < 4.78 is 13.5. The van der Waals surface area contributed by atoms with Crippen LogP contribution in [0.25, 0.3) is 0 Å². The van der Waals surface area contributed by atoms with E-state index in [4.69, 9.17) is 0 Å². The van der Waals surface area contributed by atoms with Gasteiger partial charge in [0.25, 0.3) is 5.91 Å². The Balaban J connectivity index is 1.79. The number of amides is 1. The molecule has 0 radical (unpaired) electrons. The van der Waals surface area contributed by atoms with E-state index in [9.17, 15) is 9.18 Å². The first-order valence-electron chi connectivity index (χ1n) is 9.38. The van der Waals surface area contributed by atoms with Crippen molar-refractivity contribution in [3.05, 3.63) is 95.6 Å². The molecule has 0 fully saturated rings. The number of pyridine rings is 1. The van der Waals surface area contributed by atoms with Crippen molar-refractivity contribution in [2.75, 3.05) is 5.32 Å². The minimum absolute atomic E-state index is 0.219. The third kappa shape index (κ3) is 5.97. The molecule has 2 N–H and O–H groups in total. The van der Waals surface area contributed by atoms with Crippen LogP contribution in [0.15, 0.2) is 78.0 Å². The summed E-state index contributed by atoms with van der Waals surface area (Å²) in [5.74, 6) is -0.208. The molecular weight excluding hydrogens is 367 g/mol. The molecule has 0 spiro atoms. The Morgan fingerprint density at radius 3 is 2.55 bits per heavy atom. The van der Waals surface area contributed by atoms with Crippen LogP contribution in [0.4, 0.5) is 10.1 Å². The SMILES string of the molecule is CC(C)c1ccc(NC(=NCc2cccnc2)NC(=O)c2cccc(F)c2)cc1. The number of anilines is 1. The highest BCUT2D eigenvalue weighted by Crippen LogP contribution is 2.17. The van der Waals surface area contributed by atoms with Crippen LogP contribution in [0.3, 0.4) is 0 Å². The summed E-state index contributed by atoms with van der Waals surface area (Å²) in [6.45, 7) is 4.59. The van der Waals surface area contributed by atoms with Crippen LogP contribution in [0, 0.1) is 5.82 Å². The molecule has 1 amide bonds. The molecule has 148 valence electrons. The Hall–Kier alpha value is -3.54. The Kier molecular flexibility index (Phi) is 6.68. The topological polar surface area (TPSA) is 66.4 Å². The molecule has 5 nitrogen and oxygen atoms in total. The van der Waals surface area contributed by atoms with Gasteiger partial charge in [0.05, 0.1) is 6.54 Å². The van der Waals surface area contributed by atoms with E-state index in [2.05, 4.69) is 34.5 Å². The van der Waals surface area contributed by atoms with Gasteiger partial charge < -0.3 is 5.32 Å². The summed E-state index contributed by atoms with van der Waals surface area (Å²) in [5, 5.41) is 5.86. The molecule has 0 bridgehead atoms. The van der Waals surface area contributed by atoms with Gasteiger partial charge >= 0.3 is 0 Å². The summed E-state index contributed by atoms with van der Waals surface area (Å²) in [5.41, 5.74) is 3.13. The molecule has 0 atom stereocenters. The fourth-order valence-electron chi connectivity index (χ4n) is 2.67. The van der Waals surface area contributed by atoms with E-state index >= 15 is 0 Å². The number of rotatable bonds is 5. The van der Waals surface area contributed by atoms with Gasteiger partial charge in [0.2, 0.25) is 5.96 Å². The van der Waals surface area contributed by atoms with Gasteiger partial charge in [0, 0.05) is 23.6 Å². The first-order chi connectivity index (χ1) is 14.0.